The number of primary amides is 1. The number of carbonyl (C=O) groups excluding carboxylic acids is 3. The van der Waals surface area contributed by atoms with E-state index < -0.39 is 29.7 Å². The lowest BCUT2D eigenvalue weighted by atomic mass is 10.0. The van der Waals surface area contributed by atoms with Crippen LogP contribution in [0.2, 0.25) is 5.02 Å². The third-order valence-electron chi connectivity index (χ3n) is 5.27. The quantitative estimate of drug-likeness (QED) is 0.306. The summed E-state index contributed by atoms with van der Waals surface area (Å²) in [6.07, 6.45) is -3.40. The Balaban J connectivity index is 1.76. The second-order valence-electron chi connectivity index (χ2n) is 8.00. The van der Waals surface area contributed by atoms with Gasteiger partial charge in [-0.05, 0) is 48.0 Å². The van der Waals surface area contributed by atoms with Crippen molar-refractivity contribution < 1.29 is 27.6 Å². The van der Waals surface area contributed by atoms with E-state index in [1.54, 1.807) is 13.0 Å². The van der Waals surface area contributed by atoms with Crippen LogP contribution in [0.25, 0.3) is 5.82 Å². The van der Waals surface area contributed by atoms with E-state index in [2.05, 4.69) is 36.1 Å². The summed E-state index contributed by atoms with van der Waals surface area (Å²) >= 11 is 6.26. The van der Waals surface area contributed by atoms with Gasteiger partial charge in [0, 0.05) is 18.8 Å². The molecule has 202 valence electrons. The van der Waals surface area contributed by atoms with E-state index in [9.17, 15) is 27.6 Å². The molecule has 0 unspecified atom stereocenters. The molecule has 0 spiro atoms. The summed E-state index contributed by atoms with van der Waals surface area (Å²) < 4.78 is 39.7. The van der Waals surface area contributed by atoms with Gasteiger partial charge < -0.3 is 16.4 Å². The molecule has 0 radical (unpaired) electrons. The summed E-state index contributed by atoms with van der Waals surface area (Å²) in [7, 11) is 1.37. The number of rotatable bonds is 7. The Hall–Kier alpha value is -4.86. The summed E-state index contributed by atoms with van der Waals surface area (Å²) in [6, 6.07) is 6.95. The molecule has 0 aliphatic rings. The fourth-order valence-corrected chi connectivity index (χ4v) is 3.72. The number of benzene rings is 1. The van der Waals surface area contributed by atoms with Crippen LogP contribution in [-0.2, 0) is 12.7 Å². The Labute approximate surface area is 222 Å². The minimum absolute atomic E-state index is 0.0340. The van der Waals surface area contributed by atoms with Crippen molar-refractivity contribution in [3.8, 4) is 5.82 Å². The van der Waals surface area contributed by atoms with Crippen LogP contribution < -0.4 is 16.4 Å². The van der Waals surface area contributed by atoms with Gasteiger partial charge in [0.2, 0.25) is 5.91 Å². The Morgan fingerprint density at radius 2 is 1.87 bits per heavy atom. The number of tetrazole rings is 1. The third kappa shape index (κ3) is 5.69. The number of hydrogen-bond acceptors (Lipinski definition) is 8. The lowest BCUT2D eigenvalue weighted by Gasteiger charge is -2.15. The van der Waals surface area contributed by atoms with Crippen molar-refractivity contribution >= 4 is 35.0 Å². The van der Waals surface area contributed by atoms with Crippen molar-refractivity contribution in [2.45, 2.75) is 19.6 Å². The molecule has 17 heteroatoms. The molecule has 0 saturated carbocycles. The number of aromatic nitrogens is 7. The highest BCUT2D eigenvalue weighted by Gasteiger charge is 2.37. The van der Waals surface area contributed by atoms with Crippen LogP contribution >= 0.6 is 11.6 Å². The van der Waals surface area contributed by atoms with Gasteiger partial charge >= 0.3 is 6.18 Å². The molecule has 4 N–H and O–H groups in total. The standard InChI is InChI=1S/C22H18ClF3N10O3/c1-10-6-11(17(27)37)7-13(19(38)28-2)16(10)30-20(39)15-8-12(9-35-33-21(31-34-35)22(24,25)26)32-36(15)18-14(23)4-3-5-29-18/h3-8H,9H2,1-2H3,(H2,27,37)(H,28,38)(H,30,39). The number of alkyl halides is 3. The van der Waals surface area contributed by atoms with Crippen molar-refractivity contribution in [1.29, 1.82) is 0 Å². The van der Waals surface area contributed by atoms with Crippen molar-refractivity contribution in [2.24, 2.45) is 5.73 Å². The minimum Gasteiger partial charge on any atom is -0.366 e. The highest BCUT2D eigenvalue weighted by molar-refractivity contribution is 6.32. The third-order valence-corrected chi connectivity index (χ3v) is 5.57. The average molecular weight is 563 g/mol. The first-order chi connectivity index (χ1) is 18.4. The summed E-state index contributed by atoms with van der Waals surface area (Å²) in [5, 5.41) is 19.1. The predicted octanol–water partition coefficient (Wildman–Crippen LogP) is 1.99. The maximum atomic E-state index is 13.5. The molecule has 0 fully saturated rings. The molecule has 13 nitrogen and oxygen atoms in total. The minimum atomic E-state index is -4.80. The number of nitrogens with two attached hydrogens (primary N) is 1. The number of nitrogens with one attached hydrogen (secondary N) is 2. The topological polar surface area (TPSA) is 176 Å². The Morgan fingerprint density at radius 1 is 1.13 bits per heavy atom. The summed E-state index contributed by atoms with van der Waals surface area (Å²) in [4.78, 5) is 42.5. The number of pyridine rings is 1. The summed E-state index contributed by atoms with van der Waals surface area (Å²) in [5.74, 6) is -3.55. The predicted molar refractivity (Wildman–Crippen MR) is 129 cm³/mol. The number of nitrogens with zero attached hydrogens (tertiary/aromatic N) is 7. The van der Waals surface area contributed by atoms with Crippen LogP contribution in [0.15, 0.2) is 36.5 Å². The largest absolute Gasteiger partial charge is 0.455 e. The summed E-state index contributed by atoms with van der Waals surface area (Å²) in [5.41, 5.74) is 5.74. The monoisotopic (exact) mass is 562 g/mol. The van der Waals surface area contributed by atoms with Crippen LogP contribution in [0.1, 0.15) is 48.3 Å². The van der Waals surface area contributed by atoms with Gasteiger partial charge in [0.1, 0.15) is 12.2 Å². The zero-order chi connectivity index (χ0) is 28.5. The summed E-state index contributed by atoms with van der Waals surface area (Å²) in [6.45, 7) is 1.18. The van der Waals surface area contributed by atoms with Crippen molar-refractivity contribution in [3.05, 3.63) is 75.5 Å². The average Bonchev–Trinajstić information content (AvgIpc) is 3.52. The second kappa shape index (κ2) is 10.5. The molecule has 1 aromatic carbocycles. The zero-order valence-electron chi connectivity index (χ0n) is 20.1. The maximum absolute atomic E-state index is 13.5. The van der Waals surface area contributed by atoms with Crippen LogP contribution in [-0.4, -0.2) is 59.7 Å². The molecule has 3 amide bonds. The van der Waals surface area contributed by atoms with E-state index in [-0.39, 0.29) is 45.6 Å². The van der Waals surface area contributed by atoms with Gasteiger partial charge in [-0.2, -0.15) is 23.1 Å². The van der Waals surface area contributed by atoms with E-state index in [0.717, 1.165) is 4.68 Å². The van der Waals surface area contributed by atoms with Gasteiger partial charge in [-0.1, -0.05) is 11.6 Å². The van der Waals surface area contributed by atoms with E-state index in [0.29, 0.717) is 10.4 Å². The molecule has 0 saturated heterocycles. The van der Waals surface area contributed by atoms with E-state index in [1.807, 2.05) is 0 Å². The normalized spacial score (nSPS) is 11.3. The number of carbonyl (C=O) groups is 3. The smallest absolute Gasteiger partial charge is 0.366 e. The van der Waals surface area contributed by atoms with Crippen molar-refractivity contribution in [2.75, 3.05) is 12.4 Å². The Bertz CT molecular complexity index is 1600. The number of halogens is 4. The molecule has 0 aliphatic carbocycles. The molecule has 4 aromatic rings. The molecule has 0 bridgehead atoms. The fourth-order valence-electron chi connectivity index (χ4n) is 3.52. The lowest BCUT2D eigenvalue weighted by Crippen LogP contribution is -2.24. The molecule has 39 heavy (non-hydrogen) atoms. The van der Waals surface area contributed by atoms with Gasteiger partial charge in [-0.3, -0.25) is 14.4 Å². The van der Waals surface area contributed by atoms with Crippen molar-refractivity contribution in [1.82, 2.24) is 40.3 Å². The molecule has 3 aromatic heterocycles. The van der Waals surface area contributed by atoms with Gasteiger partial charge in [0.05, 0.1) is 22.0 Å². The highest BCUT2D eigenvalue weighted by Crippen LogP contribution is 2.27. The molecule has 0 atom stereocenters. The van der Waals surface area contributed by atoms with E-state index in [4.69, 9.17) is 17.3 Å². The maximum Gasteiger partial charge on any atom is 0.455 e. The first-order valence-corrected chi connectivity index (χ1v) is 11.3. The van der Waals surface area contributed by atoms with Crippen molar-refractivity contribution in [3.63, 3.8) is 0 Å². The molecule has 4 rings (SSSR count). The molecular weight excluding hydrogens is 545 g/mol. The van der Waals surface area contributed by atoms with E-state index in [1.165, 1.54) is 37.5 Å². The first-order valence-electron chi connectivity index (χ1n) is 10.9. The SMILES string of the molecule is CNC(=O)c1cc(C(N)=O)cc(C)c1NC(=O)c1cc(Cn2nnc(C(F)(F)F)n2)nn1-c1ncccc1Cl. The van der Waals surface area contributed by atoms with Gasteiger partial charge in [0.25, 0.3) is 17.6 Å². The lowest BCUT2D eigenvalue weighted by molar-refractivity contribution is -0.145. The van der Waals surface area contributed by atoms with Gasteiger partial charge in [-0.25, -0.2) is 9.67 Å². The van der Waals surface area contributed by atoms with Gasteiger partial charge in [0.15, 0.2) is 5.82 Å². The number of aryl methyl sites for hydroxylation is 1. The first kappa shape index (κ1) is 27.2. The van der Waals surface area contributed by atoms with Crippen LogP contribution in [0.4, 0.5) is 18.9 Å². The Morgan fingerprint density at radius 3 is 2.49 bits per heavy atom. The number of amides is 3. The van der Waals surface area contributed by atoms with Crippen LogP contribution in [0.5, 0.6) is 0 Å². The van der Waals surface area contributed by atoms with Crippen LogP contribution in [0, 0.1) is 6.92 Å². The highest BCUT2D eigenvalue weighted by atomic mass is 35.5. The Kier molecular flexibility index (Phi) is 7.31. The molecule has 0 aliphatic heterocycles. The number of anilines is 1. The second-order valence-corrected chi connectivity index (χ2v) is 8.40. The zero-order valence-corrected chi connectivity index (χ0v) is 20.9. The number of hydrogen-bond donors (Lipinski definition) is 3. The van der Waals surface area contributed by atoms with Crippen LogP contribution in [0.3, 0.4) is 0 Å². The fraction of sp³-hybridized carbons (Fsp3) is 0.182. The molecular formula is C22H18ClF3N10O3. The van der Waals surface area contributed by atoms with E-state index >= 15 is 0 Å². The molecule has 3 heterocycles. The van der Waals surface area contributed by atoms with Gasteiger partial charge in [-0.15, -0.1) is 10.2 Å².